The number of nitrogens with zero attached hydrogens (tertiary/aromatic N) is 3. The lowest BCUT2D eigenvalue weighted by Crippen LogP contribution is -2.45. The lowest BCUT2D eigenvalue weighted by atomic mass is 9.84. The molecular formula is C28H35F2N7O3S. The van der Waals surface area contributed by atoms with Gasteiger partial charge in [0.25, 0.3) is 5.91 Å². The smallest absolute Gasteiger partial charge is 0.258 e. The Morgan fingerprint density at radius 1 is 1.17 bits per heavy atom. The third-order valence-electron chi connectivity index (χ3n) is 7.62. The summed E-state index contributed by atoms with van der Waals surface area (Å²) in [4.78, 5) is 15.1. The Bertz CT molecular complexity index is 1550. The number of nitrogens with one attached hydrogen (secondary N) is 4. The fourth-order valence-corrected chi connectivity index (χ4v) is 7.04. The molecule has 220 valence electrons. The number of sulfonamides is 1. The molecule has 1 saturated heterocycles. The highest BCUT2D eigenvalue weighted by molar-refractivity contribution is 7.89. The molecule has 1 aromatic heterocycles. The molecule has 1 amide bonds. The molecule has 0 radical (unpaired) electrons. The number of halogens is 2. The standard InChI is InChI=1S/C28H35F2N7O3S/c1-28(2)16-37(41(39,40)21-11-17(29)10-18(30)12-21)15-23-25(28)34-35-26(23)33-27(38)22-8-7-20(36(3)4)13-24(22)32-14-19-6-5-9-31-19/h7-8,10-13,19,31-32H,5-6,9,14-16H2,1-4H3,(H2,33,34,35,38). The van der Waals surface area contributed by atoms with Gasteiger partial charge in [-0.2, -0.15) is 9.40 Å². The number of H-pyrrole nitrogens is 1. The van der Waals surface area contributed by atoms with Crippen LogP contribution in [0.5, 0.6) is 0 Å². The maximum Gasteiger partial charge on any atom is 0.258 e. The molecule has 4 N–H and O–H groups in total. The van der Waals surface area contributed by atoms with Gasteiger partial charge in [0.2, 0.25) is 10.0 Å². The SMILES string of the molecule is CN(C)c1ccc(C(=O)Nc2n[nH]c3c2CN(S(=O)(=O)c2cc(F)cc(F)c2)CC3(C)C)c(NCC2CCCN2)c1. The van der Waals surface area contributed by atoms with Gasteiger partial charge in [0.05, 0.1) is 10.5 Å². The number of hydrogen-bond donors (Lipinski definition) is 4. The second kappa shape index (κ2) is 11.0. The Balaban J connectivity index is 1.43. The number of amides is 1. The van der Waals surface area contributed by atoms with E-state index >= 15 is 0 Å². The van der Waals surface area contributed by atoms with Crippen molar-refractivity contribution in [2.45, 2.75) is 49.6 Å². The fraction of sp³-hybridized carbons (Fsp3) is 0.429. The molecule has 2 aliphatic heterocycles. The number of carbonyl (C=O) groups is 1. The van der Waals surface area contributed by atoms with Crippen LogP contribution in [0.4, 0.5) is 26.0 Å². The van der Waals surface area contributed by atoms with E-state index in [1.165, 1.54) is 0 Å². The number of anilines is 3. The number of aromatic nitrogens is 2. The first kappa shape index (κ1) is 29.0. The van der Waals surface area contributed by atoms with Gasteiger partial charge in [-0.25, -0.2) is 17.2 Å². The molecule has 41 heavy (non-hydrogen) atoms. The zero-order valence-electron chi connectivity index (χ0n) is 23.5. The number of hydrogen-bond acceptors (Lipinski definition) is 7. The van der Waals surface area contributed by atoms with Gasteiger partial charge in [-0.3, -0.25) is 9.89 Å². The van der Waals surface area contributed by atoms with Gasteiger partial charge in [-0.15, -0.1) is 0 Å². The first-order valence-corrected chi connectivity index (χ1v) is 14.9. The molecule has 0 aliphatic carbocycles. The van der Waals surface area contributed by atoms with E-state index in [-0.39, 0.29) is 18.9 Å². The quantitative estimate of drug-likeness (QED) is 0.317. The summed E-state index contributed by atoms with van der Waals surface area (Å²) < 4.78 is 55.8. The molecule has 1 fully saturated rings. The van der Waals surface area contributed by atoms with Crippen LogP contribution < -0.4 is 20.9 Å². The number of rotatable bonds is 8. The lowest BCUT2D eigenvalue weighted by molar-refractivity contribution is 0.102. The normalized spacial score (nSPS) is 18.6. The molecule has 5 rings (SSSR count). The predicted octanol–water partition coefficient (Wildman–Crippen LogP) is 3.65. The van der Waals surface area contributed by atoms with Crippen molar-refractivity contribution in [1.29, 1.82) is 0 Å². The van der Waals surface area contributed by atoms with Gasteiger partial charge in [0.1, 0.15) is 11.6 Å². The summed E-state index contributed by atoms with van der Waals surface area (Å²) in [5, 5.41) is 17.0. The van der Waals surface area contributed by atoms with Gasteiger partial charge < -0.3 is 20.9 Å². The van der Waals surface area contributed by atoms with Crippen molar-refractivity contribution < 1.29 is 22.0 Å². The predicted molar refractivity (Wildman–Crippen MR) is 154 cm³/mol. The summed E-state index contributed by atoms with van der Waals surface area (Å²) in [7, 11) is -0.405. The maximum atomic E-state index is 13.9. The molecule has 2 aromatic carbocycles. The summed E-state index contributed by atoms with van der Waals surface area (Å²) in [5.41, 5.74) is 2.46. The van der Waals surface area contributed by atoms with Crippen molar-refractivity contribution in [3.8, 4) is 0 Å². The van der Waals surface area contributed by atoms with E-state index in [2.05, 4.69) is 26.1 Å². The molecule has 0 spiro atoms. The van der Waals surface area contributed by atoms with Gasteiger partial charge >= 0.3 is 0 Å². The topological polar surface area (TPSA) is 122 Å². The van der Waals surface area contributed by atoms with Crippen LogP contribution in [0, 0.1) is 11.6 Å². The van der Waals surface area contributed by atoms with Crippen LogP contribution in [-0.4, -0.2) is 68.6 Å². The van der Waals surface area contributed by atoms with Crippen LogP contribution >= 0.6 is 0 Å². The monoisotopic (exact) mass is 587 g/mol. The van der Waals surface area contributed by atoms with E-state index in [0.29, 0.717) is 41.2 Å². The first-order valence-electron chi connectivity index (χ1n) is 13.5. The molecule has 1 unspecified atom stereocenters. The molecule has 3 heterocycles. The van der Waals surface area contributed by atoms with E-state index in [4.69, 9.17) is 0 Å². The maximum absolute atomic E-state index is 13.9. The Kier molecular flexibility index (Phi) is 7.79. The highest BCUT2D eigenvalue weighted by Gasteiger charge is 2.41. The van der Waals surface area contributed by atoms with Crippen molar-refractivity contribution in [3.63, 3.8) is 0 Å². The van der Waals surface area contributed by atoms with Gasteiger partial charge in [-0.1, -0.05) is 13.8 Å². The van der Waals surface area contributed by atoms with Crippen molar-refractivity contribution >= 4 is 33.1 Å². The van der Waals surface area contributed by atoms with Crippen molar-refractivity contribution in [3.05, 3.63) is 64.9 Å². The summed E-state index contributed by atoms with van der Waals surface area (Å²) in [6, 6.07) is 8.04. The van der Waals surface area contributed by atoms with Crippen LogP contribution in [0.2, 0.25) is 0 Å². The van der Waals surface area contributed by atoms with Gasteiger partial charge in [-0.05, 0) is 49.7 Å². The Hall–Kier alpha value is -3.55. The van der Waals surface area contributed by atoms with E-state index < -0.39 is 37.9 Å². The third-order valence-corrected chi connectivity index (χ3v) is 9.39. The van der Waals surface area contributed by atoms with Crippen LogP contribution in [0.25, 0.3) is 0 Å². The Morgan fingerprint density at radius 2 is 1.90 bits per heavy atom. The highest BCUT2D eigenvalue weighted by atomic mass is 32.2. The minimum Gasteiger partial charge on any atom is -0.383 e. The zero-order valence-corrected chi connectivity index (χ0v) is 24.3. The molecule has 0 saturated carbocycles. The van der Waals surface area contributed by atoms with Crippen LogP contribution in [-0.2, 0) is 22.0 Å². The molecular weight excluding hydrogens is 552 g/mol. The van der Waals surface area contributed by atoms with E-state index in [9.17, 15) is 22.0 Å². The summed E-state index contributed by atoms with van der Waals surface area (Å²) >= 11 is 0. The van der Waals surface area contributed by atoms with E-state index in [1.807, 2.05) is 45.0 Å². The summed E-state index contributed by atoms with van der Waals surface area (Å²) in [5.74, 6) is -2.17. The average Bonchev–Trinajstić information content (AvgIpc) is 3.57. The first-order chi connectivity index (χ1) is 19.3. The Labute approximate surface area is 238 Å². The number of aromatic amines is 1. The van der Waals surface area contributed by atoms with Crippen LogP contribution in [0.15, 0.2) is 41.3 Å². The second-order valence-corrected chi connectivity index (χ2v) is 13.4. The van der Waals surface area contributed by atoms with Gasteiger partial charge in [0.15, 0.2) is 5.82 Å². The highest BCUT2D eigenvalue weighted by Crippen LogP contribution is 2.38. The lowest BCUT2D eigenvalue weighted by Gasteiger charge is -2.36. The summed E-state index contributed by atoms with van der Waals surface area (Å²) in [6.45, 7) is 5.22. The van der Waals surface area contributed by atoms with Gasteiger partial charge in [0, 0.05) is 73.9 Å². The number of benzene rings is 2. The van der Waals surface area contributed by atoms with Crippen molar-refractivity contribution in [2.24, 2.45) is 0 Å². The van der Waals surface area contributed by atoms with Crippen molar-refractivity contribution in [2.75, 3.05) is 49.3 Å². The largest absolute Gasteiger partial charge is 0.383 e. The number of fused-ring (bicyclic) bond motifs is 1. The molecule has 2 aliphatic rings. The molecule has 13 heteroatoms. The van der Waals surface area contributed by atoms with E-state index in [1.54, 1.807) is 6.07 Å². The molecule has 1 atom stereocenters. The third kappa shape index (κ3) is 5.92. The number of carbonyl (C=O) groups excluding carboxylic acids is 1. The Morgan fingerprint density at radius 3 is 2.56 bits per heavy atom. The summed E-state index contributed by atoms with van der Waals surface area (Å²) in [6.07, 6.45) is 2.16. The molecule has 10 nitrogen and oxygen atoms in total. The van der Waals surface area contributed by atoms with Crippen LogP contribution in [0.3, 0.4) is 0 Å². The second-order valence-electron chi connectivity index (χ2n) is 11.4. The minimum absolute atomic E-state index is 0.0469. The zero-order chi connectivity index (χ0) is 29.5. The van der Waals surface area contributed by atoms with Crippen molar-refractivity contribution in [1.82, 2.24) is 19.8 Å². The average molecular weight is 588 g/mol. The van der Waals surface area contributed by atoms with Crippen LogP contribution in [0.1, 0.15) is 48.3 Å². The van der Waals surface area contributed by atoms with E-state index in [0.717, 1.165) is 41.5 Å². The fourth-order valence-electron chi connectivity index (χ4n) is 5.42. The minimum atomic E-state index is -4.25. The molecule has 0 bridgehead atoms. The molecule has 3 aromatic rings.